The molecule has 1 aromatic heterocycles. The van der Waals surface area contributed by atoms with Crippen LogP contribution in [0.3, 0.4) is 0 Å². The zero-order valence-corrected chi connectivity index (χ0v) is 18.6. The third kappa shape index (κ3) is 5.30. The molecule has 0 saturated carbocycles. The van der Waals surface area contributed by atoms with Crippen LogP contribution in [0.5, 0.6) is 0 Å². The van der Waals surface area contributed by atoms with E-state index in [1.54, 1.807) is 0 Å². The average Bonchev–Trinajstić information content (AvgIpc) is 3.02. The zero-order chi connectivity index (χ0) is 18.8. The van der Waals surface area contributed by atoms with Gasteiger partial charge in [-0.05, 0) is 55.0 Å². The number of aryl methyl sites for hydroxylation is 2. The van der Waals surface area contributed by atoms with Gasteiger partial charge in [0.2, 0.25) is 0 Å². The number of aromatic nitrogens is 1. The molecule has 3 N–H and O–H groups in total. The fraction of sp³-hybridized carbons (Fsp3) is 0.273. The first-order valence-corrected chi connectivity index (χ1v) is 10.1. The van der Waals surface area contributed by atoms with Crippen molar-refractivity contribution in [1.82, 2.24) is 10.3 Å². The van der Waals surface area contributed by atoms with E-state index in [9.17, 15) is 4.79 Å². The lowest BCUT2D eigenvalue weighted by atomic mass is 9.87. The quantitative estimate of drug-likeness (QED) is 0.532. The van der Waals surface area contributed by atoms with E-state index in [1.807, 2.05) is 37.3 Å². The number of nitrogens with one attached hydrogen (secondary N) is 1. The standard InChI is InChI=1S/C22H23N3OS.2ClH/c1-14-21(27-20(24-14)12-15-6-3-2-4-7-15)22(26)25-19-9-5-8-16-13-17(23)10-11-18(16)19;;/h2-4,6-7,10-11,13,19H,5,8-9,12,23H2,1H3,(H,25,26);2*1H. The Morgan fingerprint density at radius 3 is 2.72 bits per heavy atom. The molecule has 0 spiro atoms. The van der Waals surface area contributed by atoms with Crippen LogP contribution >= 0.6 is 36.2 Å². The molecule has 154 valence electrons. The van der Waals surface area contributed by atoms with E-state index in [1.165, 1.54) is 28.0 Å². The van der Waals surface area contributed by atoms with E-state index >= 15 is 0 Å². The summed E-state index contributed by atoms with van der Waals surface area (Å²) >= 11 is 1.49. The molecule has 1 aliphatic rings. The highest BCUT2D eigenvalue weighted by atomic mass is 35.5. The van der Waals surface area contributed by atoms with Crippen LogP contribution in [0, 0.1) is 6.92 Å². The largest absolute Gasteiger partial charge is 0.399 e. The second-order valence-corrected chi connectivity index (χ2v) is 8.14. The number of hydrogen-bond acceptors (Lipinski definition) is 4. The van der Waals surface area contributed by atoms with Gasteiger partial charge in [0.05, 0.1) is 16.7 Å². The van der Waals surface area contributed by atoms with E-state index < -0.39 is 0 Å². The number of rotatable bonds is 4. The first kappa shape index (κ1) is 23.2. The van der Waals surface area contributed by atoms with Crippen molar-refractivity contribution in [3.8, 4) is 0 Å². The second kappa shape index (κ2) is 10.1. The van der Waals surface area contributed by atoms with E-state index in [4.69, 9.17) is 5.73 Å². The van der Waals surface area contributed by atoms with Gasteiger partial charge in [0.15, 0.2) is 0 Å². The normalized spacial score (nSPS) is 14.9. The third-order valence-electron chi connectivity index (χ3n) is 5.03. The van der Waals surface area contributed by atoms with E-state index in [-0.39, 0.29) is 36.8 Å². The van der Waals surface area contributed by atoms with Gasteiger partial charge >= 0.3 is 0 Å². The Morgan fingerprint density at radius 2 is 1.97 bits per heavy atom. The number of anilines is 1. The maximum atomic E-state index is 12.9. The van der Waals surface area contributed by atoms with Gasteiger partial charge in [-0.3, -0.25) is 4.79 Å². The Labute approximate surface area is 187 Å². The molecule has 2 aromatic carbocycles. The monoisotopic (exact) mass is 449 g/mol. The summed E-state index contributed by atoms with van der Waals surface area (Å²) in [6.07, 6.45) is 3.79. The summed E-state index contributed by atoms with van der Waals surface area (Å²) in [5, 5.41) is 4.19. The fourth-order valence-corrected chi connectivity index (χ4v) is 4.72. The van der Waals surface area contributed by atoms with Crippen molar-refractivity contribution in [3.63, 3.8) is 0 Å². The van der Waals surface area contributed by atoms with Gasteiger partial charge in [-0.15, -0.1) is 36.2 Å². The summed E-state index contributed by atoms with van der Waals surface area (Å²) in [6, 6.07) is 16.3. The van der Waals surface area contributed by atoms with Crippen molar-refractivity contribution in [2.75, 3.05) is 5.73 Å². The van der Waals surface area contributed by atoms with Crippen LogP contribution in [0.25, 0.3) is 0 Å². The number of carbonyl (C=O) groups is 1. The minimum absolute atomic E-state index is 0. The highest BCUT2D eigenvalue weighted by Crippen LogP contribution is 2.32. The number of thiazole rings is 1. The molecular formula is C22H25Cl2N3OS. The molecule has 0 bridgehead atoms. The van der Waals surface area contributed by atoms with E-state index in [0.29, 0.717) is 4.88 Å². The number of amides is 1. The van der Waals surface area contributed by atoms with E-state index in [0.717, 1.165) is 42.1 Å². The number of fused-ring (bicyclic) bond motifs is 1. The summed E-state index contributed by atoms with van der Waals surface area (Å²) in [7, 11) is 0. The summed E-state index contributed by atoms with van der Waals surface area (Å²) in [5.41, 5.74) is 11.1. The van der Waals surface area contributed by atoms with Gasteiger partial charge in [0, 0.05) is 12.1 Å². The van der Waals surface area contributed by atoms with Gasteiger partial charge in [-0.2, -0.15) is 0 Å². The van der Waals surface area contributed by atoms with Crippen molar-refractivity contribution >= 4 is 47.7 Å². The van der Waals surface area contributed by atoms with Gasteiger partial charge in [-0.25, -0.2) is 4.98 Å². The third-order valence-corrected chi connectivity index (χ3v) is 6.19. The summed E-state index contributed by atoms with van der Waals surface area (Å²) in [6.45, 7) is 1.91. The highest BCUT2D eigenvalue weighted by Gasteiger charge is 2.24. The van der Waals surface area contributed by atoms with Crippen molar-refractivity contribution in [1.29, 1.82) is 0 Å². The summed E-state index contributed by atoms with van der Waals surface area (Å²) in [5.74, 6) is -0.0287. The molecule has 1 unspecified atom stereocenters. The van der Waals surface area contributed by atoms with Gasteiger partial charge in [-0.1, -0.05) is 36.4 Å². The van der Waals surface area contributed by atoms with Gasteiger partial charge in [0.25, 0.3) is 5.91 Å². The molecule has 0 aliphatic heterocycles. The Kier molecular flexibility index (Phi) is 8.08. The molecule has 1 aliphatic carbocycles. The average molecular weight is 450 g/mol. The fourth-order valence-electron chi connectivity index (χ4n) is 3.72. The molecule has 1 amide bonds. The van der Waals surface area contributed by atoms with Crippen LogP contribution < -0.4 is 11.1 Å². The van der Waals surface area contributed by atoms with E-state index in [2.05, 4.69) is 28.5 Å². The first-order chi connectivity index (χ1) is 13.1. The topological polar surface area (TPSA) is 68.0 Å². The molecule has 0 radical (unpaired) electrons. The zero-order valence-electron chi connectivity index (χ0n) is 16.2. The molecule has 1 atom stereocenters. The number of hydrogen-bond donors (Lipinski definition) is 2. The number of nitrogen functional groups attached to an aromatic ring is 1. The van der Waals surface area contributed by atoms with Gasteiger partial charge in [0.1, 0.15) is 4.88 Å². The summed E-state index contributed by atoms with van der Waals surface area (Å²) in [4.78, 5) is 18.2. The Morgan fingerprint density at radius 1 is 1.21 bits per heavy atom. The van der Waals surface area contributed by atoms with Crippen molar-refractivity contribution < 1.29 is 4.79 Å². The van der Waals surface area contributed by atoms with Crippen LogP contribution in [0.4, 0.5) is 5.69 Å². The van der Waals surface area contributed by atoms with Crippen LogP contribution in [0.15, 0.2) is 48.5 Å². The lowest BCUT2D eigenvalue weighted by molar-refractivity contribution is 0.0936. The maximum Gasteiger partial charge on any atom is 0.263 e. The summed E-state index contributed by atoms with van der Waals surface area (Å²) < 4.78 is 0. The molecule has 3 aromatic rings. The SMILES string of the molecule is Cc1nc(Cc2ccccc2)sc1C(=O)NC1CCCc2cc(N)ccc21.Cl.Cl. The van der Waals surface area contributed by atoms with Crippen molar-refractivity contribution in [2.24, 2.45) is 0 Å². The lowest BCUT2D eigenvalue weighted by Gasteiger charge is -2.26. The Bertz CT molecular complexity index is 975. The maximum absolute atomic E-state index is 12.9. The number of halogens is 2. The van der Waals surface area contributed by atoms with Crippen LogP contribution in [0.1, 0.15) is 55.9 Å². The lowest BCUT2D eigenvalue weighted by Crippen LogP contribution is -2.30. The number of nitrogens with zero attached hydrogens (tertiary/aromatic N) is 1. The molecule has 4 nitrogen and oxygen atoms in total. The minimum atomic E-state index is -0.0287. The first-order valence-electron chi connectivity index (χ1n) is 9.29. The minimum Gasteiger partial charge on any atom is -0.399 e. The molecular weight excluding hydrogens is 425 g/mol. The molecule has 0 fully saturated rings. The highest BCUT2D eigenvalue weighted by molar-refractivity contribution is 7.13. The predicted molar refractivity (Wildman–Crippen MR) is 125 cm³/mol. The molecule has 1 heterocycles. The molecule has 0 saturated heterocycles. The van der Waals surface area contributed by atoms with Crippen molar-refractivity contribution in [3.05, 3.63) is 80.8 Å². The number of nitrogens with two attached hydrogens (primary N) is 1. The van der Waals surface area contributed by atoms with Crippen LogP contribution in [-0.2, 0) is 12.8 Å². The molecule has 7 heteroatoms. The molecule has 4 rings (SSSR count). The Hall–Kier alpha value is -2.08. The van der Waals surface area contributed by atoms with Gasteiger partial charge < -0.3 is 11.1 Å². The predicted octanol–water partition coefficient (Wildman–Crippen LogP) is 5.28. The number of carbonyl (C=O) groups excluding carboxylic acids is 1. The second-order valence-electron chi connectivity index (χ2n) is 7.06. The number of benzene rings is 2. The van der Waals surface area contributed by atoms with Crippen molar-refractivity contribution in [2.45, 2.75) is 38.6 Å². The van der Waals surface area contributed by atoms with Crippen LogP contribution in [-0.4, -0.2) is 10.9 Å². The smallest absolute Gasteiger partial charge is 0.263 e. The Balaban J connectivity index is 0.00000150. The van der Waals surface area contributed by atoms with Crippen LogP contribution in [0.2, 0.25) is 0 Å². The molecule has 29 heavy (non-hydrogen) atoms.